The number of halogens is 3. The van der Waals surface area contributed by atoms with Gasteiger partial charge in [-0.3, -0.25) is 0 Å². The van der Waals surface area contributed by atoms with E-state index in [2.05, 4.69) is 10.0 Å². The standard InChI is InChI=1S/C12H12F3N3O/c13-12(14,15)11-5-4-9(10(7-11)8-19)3-1-2-6-17-18-16/h1,3-5,7,19H,2,6,8H2. The van der Waals surface area contributed by atoms with E-state index < -0.39 is 18.3 Å². The Bertz CT molecular complexity index is 505. The lowest BCUT2D eigenvalue weighted by atomic mass is 10.0. The lowest BCUT2D eigenvalue weighted by Crippen LogP contribution is -2.06. The Morgan fingerprint density at radius 1 is 1.37 bits per heavy atom. The lowest BCUT2D eigenvalue weighted by Gasteiger charge is -2.10. The third kappa shape index (κ3) is 4.65. The number of nitrogens with zero attached hydrogens (tertiary/aromatic N) is 3. The number of hydrogen-bond donors (Lipinski definition) is 1. The van der Waals surface area contributed by atoms with E-state index in [4.69, 9.17) is 10.6 Å². The number of azide groups is 1. The lowest BCUT2D eigenvalue weighted by molar-refractivity contribution is -0.137. The van der Waals surface area contributed by atoms with Crippen molar-refractivity contribution in [2.45, 2.75) is 19.2 Å². The van der Waals surface area contributed by atoms with Crippen molar-refractivity contribution < 1.29 is 18.3 Å². The van der Waals surface area contributed by atoms with Crippen LogP contribution in [0.4, 0.5) is 13.2 Å². The Kier molecular flexibility index (Phi) is 5.41. The summed E-state index contributed by atoms with van der Waals surface area (Å²) in [6.07, 6.45) is -0.668. The summed E-state index contributed by atoms with van der Waals surface area (Å²) in [5, 5.41) is 12.4. The van der Waals surface area contributed by atoms with E-state index >= 15 is 0 Å². The number of hydrogen-bond acceptors (Lipinski definition) is 2. The highest BCUT2D eigenvalue weighted by Gasteiger charge is 2.30. The molecule has 0 aliphatic rings. The minimum absolute atomic E-state index is 0.204. The summed E-state index contributed by atoms with van der Waals surface area (Å²) < 4.78 is 37.4. The van der Waals surface area contributed by atoms with Gasteiger partial charge in [-0.15, -0.1) is 0 Å². The Hall–Kier alpha value is -1.98. The third-order valence-electron chi connectivity index (χ3n) is 2.40. The summed E-state index contributed by atoms with van der Waals surface area (Å²) in [5.41, 5.74) is 7.99. The smallest absolute Gasteiger partial charge is 0.392 e. The SMILES string of the molecule is [N-]=[N+]=NCCC=Cc1ccc(C(F)(F)F)cc1CO. The van der Waals surface area contributed by atoms with Gasteiger partial charge in [0, 0.05) is 11.5 Å². The summed E-state index contributed by atoms with van der Waals surface area (Å²) in [5.74, 6) is 0. The molecular formula is C12H12F3N3O. The summed E-state index contributed by atoms with van der Waals surface area (Å²) in [6, 6.07) is 3.19. The van der Waals surface area contributed by atoms with Gasteiger partial charge >= 0.3 is 6.18 Å². The van der Waals surface area contributed by atoms with Gasteiger partial charge in [-0.25, -0.2) is 0 Å². The highest BCUT2D eigenvalue weighted by molar-refractivity contribution is 5.54. The maximum atomic E-state index is 12.5. The van der Waals surface area contributed by atoms with Crippen LogP contribution in [0.25, 0.3) is 16.5 Å². The van der Waals surface area contributed by atoms with E-state index in [0.717, 1.165) is 12.1 Å². The molecule has 0 aliphatic carbocycles. The molecule has 1 aromatic carbocycles. The zero-order chi connectivity index (χ0) is 14.3. The van der Waals surface area contributed by atoms with Crippen LogP contribution in [0, 0.1) is 0 Å². The van der Waals surface area contributed by atoms with Crippen LogP contribution in [0.1, 0.15) is 23.1 Å². The van der Waals surface area contributed by atoms with Crippen LogP contribution in [-0.2, 0) is 12.8 Å². The second kappa shape index (κ2) is 6.82. The third-order valence-corrected chi connectivity index (χ3v) is 2.40. The summed E-state index contributed by atoms with van der Waals surface area (Å²) in [7, 11) is 0. The Balaban J connectivity index is 2.87. The average Bonchev–Trinajstić information content (AvgIpc) is 2.37. The molecule has 1 N–H and O–H groups in total. The van der Waals surface area contributed by atoms with Crippen molar-refractivity contribution in [2.24, 2.45) is 5.11 Å². The molecule has 0 spiro atoms. The van der Waals surface area contributed by atoms with E-state index in [1.807, 2.05) is 0 Å². The number of aliphatic hydroxyl groups is 1. The van der Waals surface area contributed by atoms with E-state index in [-0.39, 0.29) is 12.1 Å². The van der Waals surface area contributed by atoms with E-state index in [1.165, 1.54) is 6.07 Å². The molecule has 0 aliphatic heterocycles. The van der Waals surface area contributed by atoms with Gasteiger partial charge < -0.3 is 5.11 Å². The molecule has 0 unspecified atom stereocenters. The van der Waals surface area contributed by atoms with E-state index in [1.54, 1.807) is 12.2 Å². The average molecular weight is 271 g/mol. The minimum atomic E-state index is -4.42. The van der Waals surface area contributed by atoms with Gasteiger partial charge in [0.25, 0.3) is 0 Å². The number of alkyl halides is 3. The van der Waals surface area contributed by atoms with Crippen LogP contribution in [0.15, 0.2) is 29.4 Å². The molecule has 0 amide bonds. The van der Waals surface area contributed by atoms with Crippen LogP contribution < -0.4 is 0 Å². The van der Waals surface area contributed by atoms with E-state index in [9.17, 15) is 13.2 Å². The van der Waals surface area contributed by atoms with Crippen LogP contribution >= 0.6 is 0 Å². The molecule has 7 heteroatoms. The Labute approximate surface area is 107 Å². The van der Waals surface area contributed by atoms with Crippen LogP contribution in [0.2, 0.25) is 0 Å². The maximum Gasteiger partial charge on any atom is 0.416 e. The fraction of sp³-hybridized carbons (Fsp3) is 0.333. The van der Waals surface area contributed by atoms with Gasteiger partial charge in [-0.05, 0) is 35.2 Å². The van der Waals surface area contributed by atoms with Crippen molar-refractivity contribution in [2.75, 3.05) is 6.54 Å². The molecule has 0 bridgehead atoms. The topological polar surface area (TPSA) is 69.0 Å². The van der Waals surface area contributed by atoms with Crippen LogP contribution in [0.5, 0.6) is 0 Å². The van der Waals surface area contributed by atoms with Crippen molar-refractivity contribution in [1.82, 2.24) is 0 Å². The molecule has 1 aromatic rings. The fourth-order valence-electron chi connectivity index (χ4n) is 1.47. The van der Waals surface area contributed by atoms with Crippen molar-refractivity contribution in [3.05, 3.63) is 51.4 Å². The summed E-state index contributed by atoms with van der Waals surface area (Å²) in [4.78, 5) is 2.58. The second-order valence-corrected chi connectivity index (χ2v) is 3.71. The molecule has 0 saturated carbocycles. The Morgan fingerprint density at radius 3 is 2.68 bits per heavy atom. The number of benzene rings is 1. The van der Waals surface area contributed by atoms with Crippen molar-refractivity contribution in [3.8, 4) is 0 Å². The van der Waals surface area contributed by atoms with Crippen molar-refractivity contribution in [3.63, 3.8) is 0 Å². The van der Waals surface area contributed by atoms with Gasteiger partial charge in [0.15, 0.2) is 0 Å². The zero-order valence-electron chi connectivity index (χ0n) is 9.93. The minimum Gasteiger partial charge on any atom is -0.392 e. The monoisotopic (exact) mass is 271 g/mol. The predicted molar refractivity (Wildman–Crippen MR) is 65.0 cm³/mol. The van der Waals surface area contributed by atoms with E-state index in [0.29, 0.717) is 12.0 Å². The van der Waals surface area contributed by atoms with Gasteiger partial charge in [0.1, 0.15) is 0 Å². The highest BCUT2D eigenvalue weighted by atomic mass is 19.4. The van der Waals surface area contributed by atoms with Crippen LogP contribution in [0.3, 0.4) is 0 Å². The molecule has 0 aromatic heterocycles. The first kappa shape index (κ1) is 15.1. The molecule has 0 fully saturated rings. The fourth-order valence-corrected chi connectivity index (χ4v) is 1.47. The second-order valence-electron chi connectivity index (χ2n) is 3.71. The highest BCUT2D eigenvalue weighted by Crippen LogP contribution is 2.30. The first-order valence-electron chi connectivity index (χ1n) is 5.47. The molecule has 102 valence electrons. The molecular weight excluding hydrogens is 259 g/mol. The molecule has 0 atom stereocenters. The maximum absolute atomic E-state index is 12.5. The van der Waals surface area contributed by atoms with Crippen molar-refractivity contribution >= 4 is 6.08 Å². The zero-order valence-corrected chi connectivity index (χ0v) is 9.93. The predicted octanol–water partition coefficient (Wildman–Crippen LogP) is 3.91. The molecule has 1 rings (SSSR count). The van der Waals surface area contributed by atoms with Crippen LogP contribution in [-0.4, -0.2) is 11.7 Å². The molecule has 4 nitrogen and oxygen atoms in total. The summed E-state index contributed by atoms with van der Waals surface area (Å²) >= 11 is 0. The molecule has 0 saturated heterocycles. The first-order valence-corrected chi connectivity index (χ1v) is 5.47. The number of rotatable bonds is 5. The molecule has 19 heavy (non-hydrogen) atoms. The summed E-state index contributed by atoms with van der Waals surface area (Å²) in [6.45, 7) is -0.192. The quantitative estimate of drug-likeness (QED) is 0.375. The Morgan fingerprint density at radius 2 is 2.11 bits per heavy atom. The van der Waals surface area contributed by atoms with Gasteiger partial charge in [0.05, 0.1) is 12.2 Å². The first-order chi connectivity index (χ1) is 8.99. The number of aliphatic hydroxyl groups excluding tert-OH is 1. The normalized spacial score (nSPS) is 11.6. The molecule has 0 radical (unpaired) electrons. The van der Waals surface area contributed by atoms with Gasteiger partial charge in [0.2, 0.25) is 0 Å². The molecule has 0 heterocycles. The van der Waals surface area contributed by atoms with Gasteiger partial charge in [-0.1, -0.05) is 23.3 Å². The largest absolute Gasteiger partial charge is 0.416 e. The van der Waals surface area contributed by atoms with Gasteiger partial charge in [-0.2, -0.15) is 13.2 Å². The van der Waals surface area contributed by atoms with Crippen molar-refractivity contribution in [1.29, 1.82) is 0 Å².